The normalized spacial score (nSPS) is 18.0. The van der Waals surface area contributed by atoms with Crippen LogP contribution in [0.15, 0.2) is 48.7 Å². The van der Waals surface area contributed by atoms with Crippen molar-refractivity contribution in [3.05, 3.63) is 48.7 Å². The number of benzene rings is 2. The van der Waals surface area contributed by atoms with Crippen LogP contribution in [0.2, 0.25) is 0 Å². The molecule has 1 saturated heterocycles. The van der Waals surface area contributed by atoms with E-state index in [9.17, 15) is 0 Å². The largest absolute Gasteiger partial charge is 0.488 e. The smallest absolute Gasteiger partial charge is 0.142 e. The van der Waals surface area contributed by atoms with Gasteiger partial charge in [-0.3, -0.25) is 4.98 Å². The van der Waals surface area contributed by atoms with Crippen LogP contribution in [0.5, 0.6) is 5.75 Å². The van der Waals surface area contributed by atoms with Gasteiger partial charge >= 0.3 is 0 Å². The summed E-state index contributed by atoms with van der Waals surface area (Å²) in [5.41, 5.74) is 10.8. The van der Waals surface area contributed by atoms with Crippen LogP contribution in [0.4, 0.5) is 5.69 Å². The minimum absolute atomic E-state index is 0.165. The third kappa shape index (κ3) is 2.96. The number of hydrogen-bond donors (Lipinski definition) is 2. The number of pyridine rings is 1. The van der Waals surface area contributed by atoms with Crippen LogP contribution in [0, 0.1) is 0 Å². The van der Waals surface area contributed by atoms with Gasteiger partial charge < -0.3 is 20.4 Å². The van der Waals surface area contributed by atoms with E-state index in [1.807, 2.05) is 42.5 Å². The lowest BCUT2D eigenvalue weighted by Crippen LogP contribution is -2.38. The van der Waals surface area contributed by atoms with E-state index in [4.69, 9.17) is 10.5 Å². The number of anilines is 1. The Morgan fingerprint density at radius 1 is 1.14 bits per heavy atom. The number of nitrogens with zero attached hydrogens (tertiary/aromatic N) is 3. The summed E-state index contributed by atoms with van der Waals surface area (Å²) in [7, 11) is 2.13. The molecule has 1 unspecified atom stereocenters. The van der Waals surface area contributed by atoms with Crippen molar-refractivity contribution in [1.29, 1.82) is 0 Å². The lowest BCUT2D eigenvalue weighted by atomic mass is 10.1. The molecule has 28 heavy (non-hydrogen) atoms. The summed E-state index contributed by atoms with van der Waals surface area (Å²) in [6, 6.07) is 13.9. The van der Waals surface area contributed by atoms with Gasteiger partial charge in [0.2, 0.25) is 0 Å². The molecule has 1 fully saturated rings. The quantitative estimate of drug-likeness (QED) is 0.570. The average Bonchev–Trinajstić information content (AvgIpc) is 3.12. The van der Waals surface area contributed by atoms with Crippen molar-refractivity contribution >= 4 is 27.6 Å². The standard InChI is InChI=1S/C22H23N5O/c1-27-11-5-6-14(13-27)28-19-10-4-9-18-20(19)21(23)15(12-24-18)22-25-16-7-2-3-8-17(16)26-22/h2-4,7-10,12,14H,5-6,11,13H2,1H3,(H2,23,24)(H,25,26). The number of nitrogens with one attached hydrogen (secondary N) is 1. The number of likely N-dealkylation sites (N-methyl/N-ethyl adjacent to an activating group) is 1. The fraction of sp³-hybridized carbons (Fsp3) is 0.273. The Kier molecular flexibility index (Phi) is 4.13. The second kappa shape index (κ2) is 6.80. The predicted octanol–water partition coefficient (Wildman–Crippen LogP) is 3.83. The summed E-state index contributed by atoms with van der Waals surface area (Å²) in [5, 5.41) is 0.855. The van der Waals surface area contributed by atoms with Gasteiger partial charge in [0.05, 0.1) is 33.2 Å². The number of likely N-dealkylation sites (tertiary alicyclic amines) is 1. The van der Waals surface area contributed by atoms with Crippen molar-refractivity contribution in [2.24, 2.45) is 0 Å². The maximum Gasteiger partial charge on any atom is 0.142 e. The number of rotatable bonds is 3. The molecule has 1 aliphatic heterocycles. The fourth-order valence-corrected chi connectivity index (χ4v) is 4.00. The second-order valence-electron chi connectivity index (χ2n) is 7.48. The zero-order chi connectivity index (χ0) is 19.1. The van der Waals surface area contributed by atoms with Crippen LogP contribution >= 0.6 is 0 Å². The summed E-state index contributed by atoms with van der Waals surface area (Å²) in [6.45, 7) is 2.04. The van der Waals surface area contributed by atoms with Gasteiger partial charge in [-0.1, -0.05) is 18.2 Å². The van der Waals surface area contributed by atoms with Crippen molar-refractivity contribution in [3.63, 3.8) is 0 Å². The number of nitrogen functional groups attached to an aromatic ring is 1. The summed E-state index contributed by atoms with van der Waals surface area (Å²) in [6.07, 6.45) is 4.15. The average molecular weight is 373 g/mol. The van der Waals surface area contributed by atoms with Crippen LogP contribution in [0.1, 0.15) is 12.8 Å². The Bertz CT molecular complexity index is 1120. The number of H-pyrrole nitrogens is 1. The Hall–Kier alpha value is -3.12. The van der Waals surface area contributed by atoms with Gasteiger partial charge in [0.1, 0.15) is 17.7 Å². The molecule has 3 heterocycles. The highest BCUT2D eigenvalue weighted by molar-refractivity contribution is 6.01. The maximum absolute atomic E-state index is 6.62. The molecule has 1 atom stereocenters. The number of imidazole rings is 1. The number of hydrogen-bond acceptors (Lipinski definition) is 5. The lowest BCUT2D eigenvalue weighted by molar-refractivity contribution is 0.106. The van der Waals surface area contributed by atoms with E-state index in [1.54, 1.807) is 6.20 Å². The molecule has 1 aliphatic rings. The van der Waals surface area contributed by atoms with Gasteiger partial charge in [-0.15, -0.1) is 0 Å². The molecule has 0 radical (unpaired) electrons. The zero-order valence-electron chi connectivity index (χ0n) is 15.9. The molecule has 0 amide bonds. The predicted molar refractivity (Wildman–Crippen MR) is 112 cm³/mol. The first-order valence-electron chi connectivity index (χ1n) is 9.66. The topological polar surface area (TPSA) is 80.1 Å². The third-order valence-corrected chi connectivity index (χ3v) is 5.42. The van der Waals surface area contributed by atoms with Crippen LogP contribution in [0.25, 0.3) is 33.3 Å². The van der Waals surface area contributed by atoms with E-state index in [0.717, 1.165) is 65.0 Å². The number of fused-ring (bicyclic) bond motifs is 2. The van der Waals surface area contributed by atoms with Crippen LogP contribution in [-0.4, -0.2) is 46.1 Å². The van der Waals surface area contributed by atoms with E-state index in [2.05, 4.69) is 26.9 Å². The van der Waals surface area contributed by atoms with Gasteiger partial charge in [0, 0.05) is 12.7 Å². The van der Waals surface area contributed by atoms with Gasteiger partial charge in [0.15, 0.2) is 0 Å². The van der Waals surface area contributed by atoms with Gasteiger partial charge in [-0.05, 0) is 50.7 Å². The summed E-state index contributed by atoms with van der Waals surface area (Å²) < 4.78 is 6.38. The zero-order valence-corrected chi connectivity index (χ0v) is 15.9. The Morgan fingerprint density at radius 2 is 2.00 bits per heavy atom. The molecule has 6 heteroatoms. The number of aromatic amines is 1. The molecule has 4 aromatic rings. The fourth-order valence-electron chi connectivity index (χ4n) is 4.00. The highest BCUT2D eigenvalue weighted by Gasteiger charge is 2.21. The molecule has 0 bridgehead atoms. The molecular formula is C22H23N5O. The SMILES string of the molecule is CN1CCCC(Oc2cccc3ncc(-c4nc5ccccc5[nH]4)c(N)c23)C1. The molecule has 0 saturated carbocycles. The summed E-state index contributed by atoms with van der Waals surface area (Å²) in [4.78, 5) is 15.0. The van der Waals surface area contributed by atoms with Crippen molar-refractivity contribution in [2.45, 2.75) is 18.9 Å². The van der Waals surface area contributed by atoms with E-state index >= 15 is 0 Å². The van der Waals surface area contributed by atoms with Crippen molar-refractivity contribution in [1.82, 2.24) is 19.9 Å². The lowest BCUT2D eigenvalue weighted by Gasteiger charge is -2.30. The minimum atomic E-state index is 0.165. The Morgan fingerprint density at radius 3 is 2.86 bits per heavy atom. The third-order valence-electron chi connectivity index (χ3n) is 5.42. The molecule has 6 nitrogen and oxygen atoms in total. The maximum atomic E-state index is 6.62. The summed E-state index contributed by atoms with van der Waals surface area (Å²) in [5.74, 6) is 1.51. The number of ether oxygens (including phenoxy) is 1. The van der Waals surface area contributed by atoms with Gasteiger partial charge in [-0.25, -0.2) is 4.98 Å². The highest BCUT2D eigenvalue weighted by Crippen LogP contribution is 2.36. The first kappa shape index (κ1) is 17.0. The molecule has 5 rings (SSSR count). The van der Waals surface area contributed by atoms with Crippen LogP contribution in [-0.2, 0) is 0 Å². The highest BCUT2D eigenvalue weighted by atomic mass is 16.5. The molecular weight excluding hydrogens is 350 g/mol. The van der Waals surface area contributed by atoms with Crippen molar-refractivity contribution < 1.29 is 4.74 Å². The van der Waals surface area contributed by atoms with Crippen LogP contribution < -0.4 is 10.5 Å². The van der Waals surface area contributed by atoms with E-state index in [-0.39, 0.29) is 6.10 Å². The monoisotopic (exact) mass is 373 g/mol. The van der Waals surface area contributed by atoms with E-state index in [0.29, 0.717) is 5.69 Å². The Labute approximate surface area is 163 Å². The van der Waals surface area contributed by atoms with Crippen LogP contribution in [0.3, 0.4) is 0 Å². The first-order chi connectivity index (χ1) is 13.7. The number of piperidine rings is 1. The van der Waals surface area contributed by atoms with E-state index in [1.165, 1.54) is 0 Å². The minimum Gasteiger partial charge on any atom is -0.488 e. The number of para-hydroxylation sites is 2. The molecule has 3 N–H and O–H groups in total. The molecule has 142 valence electrons. The summed E-state index contributed by atoms with van der Waals surface area (Å²) >= 11 is 0. The molecule has 0 aliphatic carbocycles. The first-order valence-corrected chi connectivity index (χ1v) is 9.66. The number of nitrogens with two attached hydrogens (primary N) is 1. The van der Waals surface area contributed by atoms with Gasteiger partial charge in [0.25, 0.3) is 0 Å². The Balaban J connectivity index is 1.59. The number of aromatic nitrogens is 3. The molecule has 2 aromatic carbocycles. The second-order valence-corrected chi connectivity index (χ2v) is 7.48. The van der Waals surface area contributed by atoms with Gasteiger partial charge in [-0.2, -0.15) is 0 Å². The molecule has 0 spiro atoms. The van der Waals surface area contributed by atoms with Crippen molar-refractivity contribution in [2.75, 3.05) is 25.9 Å². The van der Waals surface area contributed by atoms with E-state index < -0.39 is 0 Å². The van der Waals surface area contributed by atoms with Crippen molar-refractivity contribution in [3.8, 4) is 17.1 Å². The molecule has 2 aromatic heterocycles.